The number of aromatic amines is 1. The number of halogens is 1. The lowest BCUT2D eigenvalue weighted by atomic mass is 9.94. The van der Waals surface area contributed by atoms with Gasteiger partial charge in [0.05, 0.1) is 44.7 Å². The highest BCUT2D eigenvalue weighted by molar-refractivity contribution is 6.36. The van der Waals surface area contributed by atoms with Crippen molar-refractivity contribution in [2.24, 2.45) is 5.92 Å². The van der Waals surface area contributed by atoms with Gasteiger partial charge in [-0.1, -0.05) is 17.7 Å². The van der Waals surface area contributed by atoms with Gasteiger partial charge in [-0.25, -0.2) is 9.78 Å². The number of urea groups is 1. The van der Waals surface area contributed by atoms with Gasteiger partial charge in [0.1, 0.15) is 11.8 Å². The van der Waals surface area contributed by atoms with Crippen molar-refractivity contribution in [2.45, 2.75) is 57.0 Å². The van der Waals surface area contributed by atoms with Crippen molar-refractivity contribution in [2.75, 3.05) is 67.1 Å². The molecule has 15 heteroatoms. The highest BCUT2D eigenvalue weighted by Crippen LogP contribution is 2.36. The maximum absolute atomic E-state index is 13.2. The molecule has 4 aliphatic heterocycles. The second-order valence-electron chi connectivity index (χ2n) is 15.8. The SMILES string of the molecule is N#Cc1n[nH]c2c(N3CCC(NC(=O)c4ccc(N5CCC(CN6CCC(n7ccc8c(N9CCC(=O)NC9=O)cccc87)CC6)CC5)cn4)CC3)ccc(Cl)c12. The Morgan fingerprint density at radius 2 is 1.68 bits per heavy atom. The van der Waals surface area contributed by atoms with Crippen molar-refractivity contribution in [3.05, 3.63) is 77.3 Å². The fourth-order valence-electron chi connectivity index (χ4n) is 9.29. The molecule has 294 valence electrons. The summed E-state index contributed by atoms with van der Waals surface area (Å²) in [6.45, 7) is 7.10. The molecule has 4 fully saturated rings. The molecule has 2 aromatic carbocycles. The minimum Gasteiger partial charge on any atom is -0.370 e. The van der Waals surface area contributed by atoms with Crippen LogP contribution in [-0.2, 0) is 4.79 Å². The number of nitriles is 1. The maximum atomic E-state index is 13.2. The number of aromatic nitrogens is 4. The fourth-order valence-corrected chi connectivity index (χ4v) is 9.54. The molecule has 4 saturated heterocycles. The smallest absolute Gasteiger partial charge is 0.328 e. The van der Waals surface area contributed by atoms with Gasteiger partial charge < -0.3 is 24.6 Å². The zero-order chi connectivity index (χ0) is 39.0. The summed E-state index contributed by atoms with van der Waals surface area (Å²) >= 11 is 6.37. The van der Waals surface area contributed by atoms with Crippen molar-refractivity contribution >= 4 is 68.3 Å². The van der Waals surface area contributed by atoms with Crippen LogP contribution in [0.5, 0.6) is 0 Å². The Balaban J connectivity index is 0.721. The lowest BCUT2D eigenvalue weighted by molar-refractivity contribution is -0.120. The van der Waals surface area contributed by atoms with Crippen molar-refractivity contribution in [1.29, 1.82) is 5.26 Å². The Hall–Kier alpha value is -5.65. The predicted molar refractivity (Wildman–Crippen MR) is 220 cm³/mol. The number of nitrogens with one attached hydrogen (secondary N) is 3. The van der Waals surface area contributed by atoms with E-state index in [1.807, 2.05) is 42.6 Å². The summed E-state index contributed by atoms with van der Waals surface area (Å²) in [7, 11) is 0. The fraction of sp³-hybridized carbons (Fsp3) is 0.429. The molecule has 4 amide bonds. The summed E-state index contributed by atoms with van der Waals surface area (Å²) < 4.78 is 2.38. The van der Waals surface area contributed by atoms with Crippen LogP contribution in [-0.4, -0.2) is 101 Å². The van der Waals surface area contributed by atoms with Crippen LogP contribution >= 0.6 is 11.6 Å². The van der Waals surface area contributed by atoms with E-state index < -0.39 is 0 Å². The van der Waals surface area contributed by atoms with Gasteiger partial charge in [-0.2, -0.15) is 10.4 Å². The van der Waals surface area contributed by atoms with E-state index in [0.29, 0.717) is 46.7 Å². The molecule has 4 aliphatic rings. The third kappa shape index (κ3) is 7.37. The Labute approximate surface area is 335 Å². The molecule has 0 spiro atoms. The third-order valence-electron chi connectivity index (χ3n) is 12.4. The van der Waals surface area contributed by atoms with Crippen LogP contribution in [0.3, 0.4) is 0 Å². The number of imide groups is 1. The van der Waals surface area contributed by atoms with Crippen molar-refractivity contribution < 1.29 is 14.4 Å². The lowest BCUT2D eigenvalue weighted by Crippen LogP contribution is -2.49. The molecule has 0 bridgehead atoms. The summed E-state index contributed by atoms with van der Waals surface area (Å²) in [4.78, 5) is 51.0. The second kappa shape index (κ2) is 15.7. The third-order valence-corrected chi connectivity index (χ3v) is 12.8. The van der Waals surface area contributed by atoms with E-state index in [1.165, 1.54) is 0 Å². The van der Waals surface area contributed by atoms with Gasteiger partial charge in [0.15, 0.2) is 5.69 Å². The number of amides is 4. The van der Waals surface area contributed by atoms with Crippen LogP contribution < -0.4 is 25.3 Å². The van der Waals surface area contributed by atoms with Crippen LogP contribution in [0.4, 0.5) is 21.9 Å². The standard InChI is InChI=1S/C42H46ClN11O3/c43-32-5-7-37(40-39(32)34(24-44)48-49-40)52-20-10-28(11-21-52)46-41(56)33-6-4-30(25-45-33)51-18-8-27(9-19-51)26-50-16-12-29(13-17-50)53-22-14-31-35(53)2-1-3-36(31)54-23-15-38(55)47-42(54)57/h1-7,14,22,25,27-29H,8-13,15-21,23,26H2,(H,46,56)(H,48,49)(H,47,55,57). The van der Waals surface area contributed by atoms with Crippen LogP contribution in [0, 0.1) is 17.2 Å². The number of piperidine rings is 3. The number of hydrogen-bond acceptors (Lipinski definition) is 9. The Kier molecular flexibility index (Phi) is 10.2. The van der Waals surface area contributed by atoms with Crippen LogP contribution in [0.1, 0.15) is 67.2 Å². The highest BCUT2D eigenvalue weighted by atomic mass is 35.5. The van der Waals surface area contributed by atoms with E-state index in [4.69, 9.17) is 11.6 Å². The number of likely N-dealkylation sites (tertiary alicyclic amines) is 1. The predicted octanol–water partition coefficient (Wildman–Crippen LogP) is 5.84. The molecule has 9 rings (SSSR count). The van der Waals surface area contributed by atoms with Gasteiger partial charge in [-0.15, -0.1) is 0 Å². The van der Waals surface area contributed by atoms with Gasteiger partial charge >= 0.3 is 6.03 Å². The van der Waals surface area contributed by atoms with Gasteiger partial charge in [-0.3, -0.25) is 24.9 Å². The molecule has 7 heterocycles. The van der Waals surface area contributed by atoms with Gasteiger partial charge in [0.25, 0.3) is 5.91 Å². The van der Waals surface area contributed by atoms with Crippen LogP contribution in [0.25, 0.3) is 21.8 Å². The number of H-pyrrole nitrogens is 1. The van der Waals surface area contributed by atoms with Gasteiger partial charge in [0, 0.05) is 82.4 Å². The van der Waals surface area contributed by atoms with E-state index >= 15 is 0 Å². The first kappa shape index (κ1) is 37.0. The molecule has 14 nitrogen and oxygen atoms in total. The first-order valence-corrected chi connectivity index (χ1v) is 20.5. The van der Waals surface area contributed by atoms with E-state index in [1.54, 1.807) is 4.90 Å². The minimum atomic E-state index is -0.351. The van der Waals surface area contributed by atoms with Crippen molar-refractivity contribution in [1.82, 2.24) is 35.3 Å². The highest BCUT2D eigenvalue weighted by Gasteiger charge is 2.29. The average Bonchev–Trinajstić information content (AvgIpc) is 3.88. The number of nitrogens with zero attached hydrogens (tertiary/aromatic N) is 8. The number of rotatable bonds is 8. The largest absolute Gasteiger partial charge is 0.370 e. The quantitative estimate of drug-likeness (QED) is 0.176. The molecule has 0 unspecified atom stereocenters. The summed E-state index contributed by atoms with van der Waals surface area (Å²) in [5.74, 6) is 0.281. The molecular formula is C42H46ClN11O3. The molecule has 0 aliphatic carbocycles. The second-order valence-corrected chi connectivity index (χ2v) is 16.2. The zero-order valence-electron chi connectivity index (χ0n) is 31.8. The number of anilines is 3. The number of carbonyl (C=O) groups excluding carboxylic acids is 3. The monoisotopic (exact) mass is 787 g/mol. The summed E-state index contributed by atoms with van der Waals surface area (Å²) in [5, 5.41) is 24.4. The first-order valence-electron chi connectivity index (χ1n) is 20.1. The van der Waals surface area contributed by atoms with Gasteiger partial charge in [-0.05, 0) is 86.9 Å². The van der Waals surface area contributed by atoms with Crippen molar-refractivity contribution in [3.63, 3.8) is 0 Å². The van der Waals surface area contributed by atoms with E-state index in [0.717, 1.165) is 118 Å². The van der Waals surface area contributed by atoms with Crippen LogP contribution in [0.15, 0.2) is 60.9 Å². The Morgan fingerprint density at radius 3 is 2.42 bits per heavy atom. The molecule has 0 saturated carbocycles. The number of hydrogen-bond donors (Lipinski definition) is 3. The van der Waals surface area contributed by atoms with Gasteiger partial charge in [0.2, 0.25) is 5.91 Å². The topological polar surface area (TPSA) is 159 Å². The summed E-state index contributed by atoms with van der Waals surface area (Å²) in [5.41, 5.74) is 5.49. The minimum absolute atomic E-state index is 0.0477. The Morgan fingerprint density at radius 1 is 0.895 bits per heavy atom. The van der Waals surface area contributed by atoms with Crippen LogP contribution in [0.2, 0.25) is 5.02 Å². The molecule has 0 radical (unpaired) electrons. The summed E-state index contributed by atoms with van der Waals surface area (Å²) in [6, 6.07) is 18.0. The first-order chi connectivity index (χ1) is 27.8. The molecule has 3 aromatic heterocycles. The lowest BCUT2D eigenvalue weighted by Gasteiger charge is -2.38. The van der Waals surface area contributed by atoms with E-state index in [2.05, 4.69) is 69.5 Å². The molecule has 0 atom stereocenters. The normalized spacial score (nSPS) is 19.3. The maximum Gasteiger partial charge on any atom is 0.328 e. The van der Waals surface area contributed by atoms with E-state index in [-0.39, 0.29) is 23.9 Å². The van der Waals surface area contributed by atoms with E-state index in [9.17, 15) is 19.6 Å². The number of pyridine rings is 1. The number of fused-ring (bicyclic) bond motifs is 2. The number of benzene rings is 2. The molecule has 5 aromatic rings. The average molecular weight is 788 g/mol. The Bertz CT molecular complexity index is 2340. The van der Waals surface area contributed by atoms with Crippen molar-refractivity contribution in [3.8, 4) is 6.07 Å². The zero-order valence-corrected chi connectivity index (χ0v) is 32.5. The molecular weight excluding hydrogens is 742 g/mol. The summed E-state index contributed by atoms with van der Waals surface area (Å²) in [6.07, 6.45) is 10.3. The number of carbonyl (C=O) groups is 3. The molecule has 57 heavy (non-hydrogen) atoms. The molecule has 3 N–H and O–H groups in total.